The van der Waals surface area contributed by atoms with Gasteiger partial charge in [-0.05, 0) is 44.5 Å². The quantitative estimate of drug-likeness (QED) is 0.837. The molecule has 0 atom stereocenters. The van der Waals surface area contributed by atoms with Gasteiger partial charge >= 0.3 is 0 Å². The Balaban J connectivity index is 2.87. The van der Waals surface area contributed by atoms with E-state index in [-0.39, 0.29) is 5.91 Å². The van der Waals surface area contributed by atoms with E-state index in [4.69, 9.17) is 10.5 Å². The van der Waals surface area contributed by atoms with Gasteiger partial charge in [-0.2, -0.15) is 0 Å². The molecule has 0 heterocycles. The number of aryl methyl sites for hydroxylation is 1. The van der Waals surface area contributed by atoms with Crippen molar-refractivity contribution in [3.8, 4) is 5.75 Å². The van der Waals surface area contributed by atoms with Crippen LogP contribution in [-0.2, 0) is 0 Å². The molecule has 0 saturated carbocycles. The van der Waals surface area contributed by atoms with Crippen LogP contribution in [0.5, 0.6) is 5.75 Å². The molecule has 4 heteroatoms. The smallest absolute Gasteiger partial charge is 0.253 e. The van der Waals surface area contributed by atoms with Crippen molar-refractivity contribution in [2.24, 2.45) is 5.73 Å². The van der Waals surface area contributed by atoms with Gasteiger partial charge in [0.05, 0.1) is 7.11 Å². The summed E-state index contributed by atoms with van der Waals surface area (Å²) in [4.78, 5) is 14.1. The Kier molecular flexibility index (Phi) is 5.65. The van der Waals surface area contributed by atoms with Crippen LogP contribution in [0.2, 0.25) is 0 Å². The van der Waals surface area contributed by atoms with E-state index in [1.165, 1.54) is 0 Å². The molecule has 0 aromatic heterocycles. The molecule has 0 radical (unpaired) electrons. The minimum absolute atomic E-state index is 0.0317. The molecule has 1 amide bonds. The lowest BCUT2D eigenvalue weighted by molar-refractivity contribution is 0.0763. The number of nitrogens with zero attached hydrogens (tertiary/aromatic N) is 1. The van der Waals surface area contributed by atoms with E-state index in [1.807, 2.05) is 26.0 Å². The van der Waals surface area contributed by atoms with Crippen molar-refractivity contribution in [3.63, 3.8) is 0 Å². The summed E-state index contributed by atoms with van der Waals surface area (Å²) in [5.41, 5.74) is 7.17. The fourth-order valence-electron chi connectivity index (χ4n) is 1.82. The van der Waals surface area contributed by atoms with Crippen molar-refractivity contribution in [2.45, 2.75) is 20.3 Å². The molecule has 1 rings (SSSR count). The minimum atomic E-state index is 0.0317. The third-order valence-electron chi connectivity index (χ3n) is 2.96. The summed E-state index contributed by atoms with van der Waals surface area (Å²) < 4.78 is 5.24. The molecular formula is C14H22N2O2. The maximum Gasteiger partial charge on any atom is 0.253 e. The second-order valence-corrected chi connectivity index (χ2v) is 4.21. The maximum atomic E-state index is 12.3. The molecule has 0 fully saturated rings. The van der Waals surface area contributed by atoms with Crippen LogP contribution in [0.25, 0.3) is 0 Å². The van der Waals surface area contributed by atoms with Crippen LogP contribution in [0.1, 0.15) is 29.3 Å². The lowest BCUT2D eigenvalue weighted by Crippen LogP contribution is -2.32. The molecule has 1 aromatic rings. The van der Waals surface area contributed by atoms with Gasteiger partial charge in [0.2, 0.25) is 0 Å². The van der Waals surface area contributed by atoms with Crippen LogP contribution in [0.3, 0.4) is 0 Å². The topological polar surface area (TPSA) is 55.6 Å². The molecular weight excluding hydrogens is 228 g/mol. The average Bonchev–Trinajstić information content (AvgIpc) is 2.40. The third-order valence-corrected chi connectivity index (χ3v) is 2.96. The van der Waals surface area contributed by atoms with E-state index >= 15 is 0 Å². The Labute approximate surface area is 109 Å². The first-order valence-electron chi connectivity index (χ1n) is 6.28. The Bertz CT molecular complexity index is 405. The molecule has 0 aliphatic carbocycles. The Morgan fingerprint density at radius 2 is 2.17 bits per heavy atom. The number of methoxy groups -OCH3 is 1. The molecule has 100 valence electrons. The number of hydrogen-bond donors (Lipinski definition) is 1. The monoisotopic (exact) mass is 250 g/mol. The van der Waals surface area contributed by atoms with Gasteiger partial charge in [0.1, 0.15) is 5.75 Å². The highest BCUT2D eigenvalue weighted by Crippen LogP contribution is 2.20. The summed E-state index contributed by atoms with van der Waals surface area (Å²) in [5.74, 6) is 0.778. The zero-order valence-electron chi connectivity index (χ0n) is 11.4. The van der Waals surface area contributed by atoms with E-state index in [9.17, 15) is 4.79 Å². The van der Waals surface area contributed by atoms with Crippen LogP contribution in [-0.4, -0.2) is 37.6 Å². The molecule has 0 saturated heterocycles. The Morgan fingerprint density at radius 1 is 1.44 bits per heavy atom. The van der Waals surface area contributed by atoms with Crippen LogP contribution in [0.15, 0.2) is 18.2 Å². The normalized spacial score (nSPS) is 10.2. The van der Waals surface area contributed by atoms with Gasteiger partial charge in [-0.1, -0.05) is 6.07 Å². The summed E-state index contributed by atoms with van der Waals surface area (Å²) in [5, 5.41) is 0. The second kappa shape index (κ2) is 7.01. The van der Waals surface area contributed by atoms with Gasteiger partial charge < -0.3 is 15.4 Å². The summed E-state index contributed by atoms with van der Waals surface area (Å²) in [6.07, 6.45) is 0.822. The number of nitrogens with two attached hydrogens (primary N) is 1. The maximum absolute atomic E-state index is 12.3. The first-order valence-corrected chi connectivity index (χ1v) is 6.28. The largest absolute Gasteiger partial charge is 0.496 e. The van der Waals surface area contributed by atoms with Crippen molar-refractivity contribution >= 4 is 5.91 Å². The lowest BCUT2D eigenvalue weighted by Gasteiger charge is -2.21. The predicted molar refractivity (Wildman–Crippen MR) is 73.0 cm³/mol. The number of amides is 1. The number of ether oxygens (including phenoxy) is 1. The molecule has 0 bridgehead atoms. The SMILES string of the molecule is CCN(CCCN)C(=O)c1ccc(C)c(OC)c1. The third kappa shape index (κ3) is 3.47. The molecule has 0 spiro atoms. The molecule has 18 heavy (non-hydrogen) atoms. The van der Waals surface area contributed by atoms with Crippen LogP contribution in [0.4, 0.5) is 0 Å². The highest BCUT2D eigenvalue weighted by atomic mass is 16.5. The van der Waals surface area contributed by atoms with E-state index in [0.29, 0.717) is 25.2 Å². The predicted octanol–water partition coefficient (Wildman–Crippen LogP) is 1.81. The molecule has 1 aromatic carbocycles. The second-order valence-electron chi connectivity index (χ2n) is 4.21. The number of carbonyl (C=O) groups is 1. The highest BCUT2D eigenvalue weighted by molar-refractivity contribution is 5.94. The zero-order chi connectivity index (χ0) is 13.5. The highest BCUT2D eigenvalue weighted by Gasteiger charge is 2.14. The molecule has 4 nitrogen and oxygen atoms in total. The summed E-state index contributed by atoms with van der Waals surface area (Å²) >= 11 is 0. The van der Waals surface area contributed by atoms with Crippen molar-refractivity contribution in [3.05, 3.63) is 29.3 Å². The number of benzene rings is 1. The van der Waals surface area contributed by atoms with Gasteiger partial charge in [-0.3, -0.25) is 4.79 Å². The van der Waals surface area contributed by atoms with E-state index in [0.717, 1.165) is 17.7 Å². The first kappa shape index (κ1) is 14.5. The zero-order valence-corrected chi connectivity index (χ0v) is 11.4. The number of carbonyl (C=O) groups excluding carboxylic acids is 1. The van der Waals surface area contributed by atoms with E-state index in [2.05, 4.69) is 0 Å². The fourth-order valence-corrected chi connectivity index (χ4v) is 1.82. The first-order chi connectivity index (χ1) is 8.63. The fraction of sp³-hybridized carbons (Fsp3) is 0.500. The van der Waals surface area contributed by atoms with Gasteiger partial charge in [0, 0.05) is 18.7 Å². The van der Waals surface area contributed by atoms with Crippen LogP contribution in [0, 0.1) is 6.92 Å². The van der Waals surface area contributed by atoms with E-state index in [1.54, 1.807) is 18.1 Å². The molecule has 0 unspecified atom stereocenters. The van der Waals surface area contributed by atoms with E-state index < -0.39 is 0 Å². The summed E-state index contributed by atoms with van der Waals surface area (Å²) in [6, 6.07) is 5.54. The summed E-state index contributed by atoms with van der Waals surface area (Å²) in [6.45, 7) is 5.91. The van der Waals surface area contributed by atoms with Crippen molar-refractivity contribution in [1.29, 1.82) is 0 Å². The van der Waals surface area contributed by atoms with Gasteiger partial charge in [0.25, 0.3) is 5.91 Å². The Hall–Kier alpha value is -1.55. The van der Waals surface area contributed by atoms with Gasteiger partial charge in [-0.25, -0.2) is 0 Å². The van der Waals surface area contributed by atoms with Gasteiger partial charge in [0.15, 0.2) is 0 Å². The Morgan fingerprint density at radius 3 is 2.72 bits per heavy atom. The standard InChI is InChI=1S/C14H22N2O2/c1-4-16(9-5-8-15)14(17)12-7-6-11(2)13(10-12)18-3/h6-7,10H,4-5,8-9,15H2,1-3H3. The van der Waals surface area contributed by atoms with Crippen molar-refractivity contribution in [1.82, 2.24) is 4.90 Å². The minimum Gasteiger partial charge on any atom is -0.496 e. The van der Waals surface area contributed by atoms with Crippen LogP contribution >= 0.6 is 0 Å². The number of hydrogen-bond acceptors (Lipinski definition) is 3. The van der Waals surface area contributed by atoms with Gasteiger partial charge in [-0.15, -0.1) is 0 Å². The molecule has 0 aliphatic heterocycles. The lowest BCUT2D eigenvalue weighted by atomic mass is 10.1. The number of rotatable bonds is 6. The van der Waals surface area contributed by atoms with Crippen molar-refractivity contribution in [2.75, 3.05) is 26.7 Å². The molecule has 2 N–H and O–H groups in total. The van der Waals surface area contributed by atoms with Crippen LogP contribution < -0.4 is 10.5 Å². The average molecular weight is 250 g/mol. The summed E-state index contributed by atoms with van der Waals surface area (Å²) in [7, 11) is 1.61. The van der Waals surface area contributed by atoms with Crippen molar-refractivity contribution < 1.29 is 9.53 Å². The molecule has 0 aliphatic rings.